The second kappa shape index (κ2) is 8.34. The van der Waals surface area contributed by atoms with Crippen LogP contribution < -0.4 is 5.73 Å². The molecule has 1 aliphatic rings. The van der Waals surface area contributed by atoms with Crippen molar-refractivity contribution in [3.8, 4) is 0 Å². The summed E-state index contributed by atoms with van der Waals surface area (Å²) in [5.41, 5.74) is 5.75. The van der Waals surface area contributed by atoms with Crippen LogP contribution in [0.25, 0.3) is 0 Å². The summed E-state index contributed by atoms with van der Waals surface area (Å²) in [5.74, 6) is 0.387. The third-order valence-corrected chi connectivity index (χ3v) is 3.62. The van der Waals surface area contributed by atoms with E-state index in [1.807, 2.05) is 0 Å². The van der Waals surface area contributed by atoms with Crippen molar-refractivity contribution in [2.45, 2.75) is 64.3 Å². The van der Waals surface area contributed by atoms with E-state index in [2.05, 4.69) is 17.0 Å². The summed E-state index contributed by atoms with van der Waals surface area (Å²) in [5, 5.41) is 12.0. The molecule has 0 aromatic rings. The van der Waals surface area contributed by atoms with Gasteiger partial charge in [0, 0.05) is 0 Å². The molecule has 0 aromatic carbocycles. The van der Waals surface area contributed by atoms with Crippen LogP contribution in [0.1, 0.15) is 58.3 Å². The van der Waals surface area contributed by atoms with Crippen LogP contribution in [0.15, 0.2) is 5.16 Å². The van der Waals surface area contributed by atoms with Crippen molar-refractivity contribution in [2.75, 3.05) is 13.1 Å². The maximum Gasteiger partial charge on any atom is 0.156 e. The topological polar surface area (TPSA) is 61.8 Å². The summed E-state index contributed by atoms with van der Waals surface area (Å²) < 4.78 is 0. The van der Waals surface area contributed by atoms with Gasteiger partial charge in [-0.1, -0.05) is 44.2 Å². The monoisotopic (exact) mass is 241 g/mol. The number of hydrogen-bond acceptors (Lipinski definition) is 3. The highest BCUT2D eigenvalue weighted by Crippen LogP contribution is 2.18. The van der Waals surface area contributed by atoms with Gasteiger partial charge in [0.25, 0.3) is 0 Å². The van der Waals surface area contributed by atoms with Crippen LogP contribution in [0.4, 0.5) is 0 Å². The Morgan fingerprint density at radius 3 is 2.76 bits per heavy atom. The fourth-order valence-corrected chi connectivity index (χ4v) is 2.58. The first-order chi connectivity index (χ1) is 8.29. The van der Waals surface area contributed by atoms with Gasteiger partial charge in [-0.05, 0) is 32.4 Å². The highest BCUT2D eigenvalue weighted by atomic mass is 16.4. The first kappa shape index (κ1) is 14.3. The predicted octanol–water partition coefficient (Wildman–Crippen LogP) is 2.56. The highest BCUT2D eigenvalue weighted by molar-refractivity contribution is 5.85. The summed E-state index contributed by atoms with van der Waals surface area (Å²) in [6, 6.07) is 0.167. The number of hydrogen-bond donors (Lipinski definition) is 2. The Hall–Kier alpha value is -0.770. The van der Waals surface area contributed by atoms with Crippen molar-refractivity contribution in [3.05, 3.63) is 0 Å². The molecule has 0 radical (unpaired) electrons. The van der Waals surface area contributed by atoms with Crippen molar-refractivity contribution < 1.29 is 5.21 Å². The van der Waals surface area contributed by atoms with E-state index in [0.29, 0.717) is 5.84 Å². The van der Waals surface area contributed by atoms with Gasteiger partial charge in [-0.25, -0.2) is 0 Å². The third kappa shape index (κ3) is 4.94. The molecule has 1 heterocycles. The molecule has 0 aromatic heterocycles. The Balaban J connectivity index is 2.28. The molecule has 4 heteroatoms. The zero-order chi connectivity index (χ0) is 12.5. The average Bonchev–Trinajstić information content (AvgIpc) is 2.38. The molecule has 0 saturated carbocycles. The molecule has 100 valence electrons. The van der Waals surface area contributed by atoms with E-state index in [-0.39, 0.29) is 6.04 Å². The van der Waals surface area contributed by atoms with Gasteiger partial charge in [-0.2, -0.15) is 0 Å². The Bertz CT molecular complexity index is 231. The molecule has 1 rings (SSSR count). The van der Waals surface area contributed by atoms with Gasteiger partial charge in [0.1, 0.15) is 0 Å². The Kier molecular flexibility index (Phi) is 7.01. The van der Waals surface area contributed by atoms with Crippen molar-refractivity contribution in [1.82, 2.24) is 4.90 Å². The number of oxime groups is 1. The molecule has 0 spiro atoms. The highest BCUT2D eigenvalue weighted by Gasteiger charge is 2.25. The lowest BCUT2D eigenvalue weighted by molar-refractivity contribution is 0.182. The van der Waals surface area contributed by atoms with Crippen LogP contribution in [-0.2, 0) is 0 Å². The van der Waals surface area contributed by atoms with Crippen LogP contribution in [0.3, 0.4) is 0 Å². The van der Waals surface area contributed by atoms with E-state index in [9.17, 15) is 0 Å². The van der Waals surface area contributed by atoms with Crippen molar-refractivity contribution in [2.24, 2.45) is 10.9 Å². The van der Waals surface area contributed by atoms with Gasteiger partial charge in [0.05, 0.1) is 6.04 Å². The van der Waals surface area contributed by atoms with E-state index in [0.717, 1.165) is 19.5 Å². The van der Waals surface area contributed by atoms with E-state index in [1.165, 1.54) is 44.9 Å². The molecule has 0 amide bonds. The molecular formula is C13H27N3O. The van der Waals surface area contributed by atoms with Crippen LogP contribution in [0, 0.1) is 0 Å². The number of likely N-dealkylation sites (tertiary alicyclic amines) is 1. The number of amidine groups is 1. The van der Waals surface area contributed by atoms with Crippen LogP contribution in [-0.4, -0.2) is 35.1 Å². The summed E-state index contributed by atoms with van der Waals surface area (Å²) in [6.07, 6.45) is 9.95. The summed E-state index contributed by atoms with van der Waals surface area (Å²) in [6.45, 7) is 4.42. The second-order valence-electron chi connectivity index (χ2n) is 4.99. The first-order valence-corrected chi connectivity index (χ1v) is 7.01. The lowest BCUT2D eigenvalue weighted by Gasteiger charge is -2.34. The number of piperidine rings is 1. The Labute approximate surface area is 105 Å². The van der Waals surface area contributed by atoms with Crippen LogP contribution in [0.5, 0.6) is 0 Å². The summed E-state index contributed by atoms with van der Waals surface area (Å²) in [4.78, 5) is 2.38. The van der Waals surface area contributed by atoms with Gasteiger partial charge in [0.2, 0.25) is 0 Å². The zero-order valence-electron chi connectivity index (χ0n) is 11.1. The molecular weight excluding hydrogens is 214 g/mol. The lowest BCUT2D eigenvalue weighted by atomic mass is 10.0. The van der Waals surface area contributed by atoms with Gasteiger partial charge in [-0.3, -0.25) is 4.90 Å². The number of nitrogens with zero attached hydrogens (tertiary/aromatic N) is 2. The van der Waals surface area contributed by atoms with Crippen LogP contribution >= 0.6 is 0 Å². The average molecular weight is 241 g/mol. The molecule has 1 aliphatic heterocycles. The van der Waals surface area contributed by atoms with Gasteiger partial charge in [-0.15, -0.1) is 0 Å². The number of nitrogens with two attached hydrogens (primary N) is 1. The molecule has 1 atom stereocenters. The van der Waals surface area contributed by atoms with Crippen molar-refractivity contribution in [1.29, 1.82) is 0 Å². The van der Waals surface area contributed by atoms with Crippen LogP contribution in [0.2, 0.25) is 0 Å². The molecule has 0 bridgehead atoms. The molecule has 1 saturated heterocycles. The van der Waals surface area contributed by atoms with Gasteiger partial charge < -0.3 is 10.9 Å². The third-order valence-electron chi connectivity index (χ3n) is 3.62. The summed E-state index contributed by atoms with van der Waals surface area (Å²) >= 11 is 0. The quantitative estimate of drug-likeness (QED) is 0.237. The Morgan fingerprint density at radius 1 is 1.29 bits per heavy atom. The minimum Gasteiger partial charge on any atom is -0.409 e. The maximum absolute atomic E-state index is 8.78. The standard InChI is InChI=1S/C13H27N3O/c1-2-3-4-5-7-10-16-11-8-6-9-12(16)13(14)15-17/h12,17H,2-11H2,1H3,(H2,14,15). The number of unbranched alkanes of at least 4 members (excludes halogenated alkanes) is 4. The van der Waals surface area contributed by atoms with Gasteiger partial charge >= 0.3 is 0 Å². The van der Waals surface area contributed by atoms with E-state index < -0.39 is 0 Å². The molecule has 1 unspecified atom stereocenters. The molecule has 4 nitrogen and oxygen atoms in total. The first-order valence-electron chi connectivity index (χ1n) is 7.01. The Morgan fingerprint density at radius 2 is 2.06 bits per heavy atom. The minimum absolute atomic E-state index is 0.167. The van der Waals surface area contributed by atoms with E-state index in [1.54, 1.807) is 0 Å². The number of rotatable bonds is 7. The molecule has 17 heavy (non-hydrogen) atoms. The maximum atomic E-state index is 8.78. The fraction of sp³-hybridized carbons (Fsp3) is 0.923. The second-order valence-corrected chi connectivity index (χ2v) is 4.99. The lowest BCUT2D eigenvalue weighted by Crippen LogP contribution is -2.48. The SMILES string of the molecule is CCCCCCCN1CCCCC1C(N)=NO. The zero-order valence-corrected chi connectivity index (χ0v) is 11.1. The minimum atomic E-state index is 0.167. The van der Waals surface area contributed by atoms with Crippen molar-refractivity contribution in [3.63, 3.8) is 0 Å². The van der Waals surface area contributed by atoms with Crippen molar-refractivity contribution >= 4 is 5.84 Å². The molecule has 0 aliphatic carbocycles. The van der Waals surface area contributed by atoms with E-state index >= 15 is 0 Å². The molecule has 1 fully saturated rings. The fourth-order valence-electron chi connectivity index (χ4n) is 2.58. The largest absolute Gasteiger partial charge is 0.409 e. The predicted molar refractivity (Wildman–Crippen MR) is 71.4 cm³/mol. The molecule has 3 N–H and O–H groups in total. The van der Waals surface area contributed by atoms with Gasteiger partial charge in [0.15, 0.2) is 5.84 Å². The van der Waals surface area contributed by atoms with E-state index in [4.69, 9.17) is 10.9 Å². The smallest absolute Gasteiger partial charge is 0.156 e. The summed E-state index contributed by atoms with van der Waals surface area (Å²) in [7, 11) is 0. The normalized spacial score (nSPS) is 22.9.